The maximum Gasteiger partial charge on any atom is 0.324 e. The Kier molecular flexibility index (Phi) is 10.5. The molecule has 250 valence electrons. The maximum absolute atomic E-state index is 13.2. The minimum Gasteiger partial charge on any atom is -0.483 e. The van der Waals surface area contributed by atoms with Gasteiger partial charge < -0.3 is 24.1 Å². The average Bonchev–Trinajstić information content (AvgIpc) is 3.35. The second kappa shape index (κ2) is 14.0. The van der Waals surface area contributed by atoms with Gasteiger partial charge in [-0.15, -0.1) is 0 Å². The molecule has 11 nitrogen and oxygen atoms in total. The van der Waals surface area contributed by atoms with E-state index < -0.39 is 33.5 Å². The molecule has 1 aromatic heterocycles. The van der Waals surface area contributed by atoms with E-state index in [9.17, 15) is 22.8 Å². The summed E-state index contributed by atoms with van der Waals surface area (Å²) in [5.74, 6) is -1.05. The third-order valence-electron chi connectivity index (χ3n) is 7.22. The number of amides is 2. The van der Waals surface area contributed by atoms with Gasteiger partial charge in [0.2, 0.25) is 10.0 Å². The highest BCUT2D eigenvalue weighted by molar-refractivity contribution is 7.89. The number of fused-ring (bicyclic) bond motifs is 1. The van der Waals surface area contributed by atoms with E-state index in [4.69, 9.17) is 13.9 Å². The Morgan fingerprint density at radius 3 is 2.06 bits per heavy atom. The van der Waals surface area contributed by atoms with Gasteiger partial charge in [-0.1, -0.05) is 44.2 Å². The van der Waals surface area contributed by atoms with Crippen LogP contribution in [0.5, 0.6) is 5.75 Å². The van der Waals surface area contributed by atoms with E-state index in [1.807, 2.05) is 0 Å². The quantitative estimate of drug-likeness (QED) is 0.193. The number of benzene rings is 3. The van der Waals surface area contributed by atoms with Crippen LogP contribution in [0.25, 0.3) is 22.1 Å². The maximum atomic E-state index is 13.2. The van der Waals surface area contributed by atoms with Crippen LogP contribution in [0.2, 0.25) is 0 Å². The minimum absolute atomic E-state index is 0.0124. The number of furan rings is 1. The molecule has 0 saturated carbocycles. The second-order valence-electron chi connectivity index (χ2n) is 12.7. The third kappa shape index (κ3) is 8.57. The van der Waals surface area contributed by atoms with Crippen LogP contribution in [0.15, 0.2) is 76.0 Å². The zero-order valence-corrected chi connectivity index (χ0v) is 28.7. The normalized spacial score (nSPS) is 12.5. The van der Waals surface area contributed by atoms with Crippen molar-refractivity contribution < 1.29 is 36.7 Å². The molecule has 0 aliphatic heterocycles. The summed E-state index contributed by atoms with van der Waals surface area (Å²) in [7, 11) is -0.722. The summed E-state index contributed by atoms with van der Waals surface area (Å²) < 4.78 is 45.7. The van der Waals surface area contributed by atoms with E-state index in [0.29, 0.717) is 28.0 Å². The predicted octanol–water partition coefficient (Wildman–Crippen LogP) is 5.77. The van der Waals surface area contributed by atoms with Crippen molar-refractivity contribution in [3.8, 4) is 16.9 Å². The highest BCUT2D eigenvalue weighted by atomic mass is 32.2. The first-order valence-corrected chi connectivity index (χ1v) is 16.6. The van der Waals surface area contributed by atoms with Crippen molar-refractivity contribution in [2.75, 3.05) is 26.0 Å². The second-order valence-corrected chi connectivity index (χ2v) is 14.4. The van der Waals surface area contributed by atoms with Crippen LogP contribution in [0.1, 0.15) is 50.7 Å². The zero-order valence-electron chi connectivity index (χ0n) is 27.8. The molecular weight excluding hydrogens is 622 g/mol. The minimum atomic E-state index is -4.01. The molecule has 0 bridgehead atoms. The van der Waals surface area contributed by atoms with Gasteiger partial charge in [0.1, 0.15) is 23.0 Å². The molecule has 0 spiro atoms. The van der Waals surface area contributed by atoms with E-state index in [0.717, 1.165) is 11.1 Å². The number of anilines is 1. The Labute approximate surface area is 275 Å². The van der Waals surface area contributed by atoms with Crippen LogP contribution in [0.4, 0.5) is 5.69 Å². The topological polar surface area (TPSA) is 144 Å². The summed E-state index contributed by atoms with van der Waals surface area (Å²) in [5, 5.41) is 3.46. The summed E-state index contributed by atoms with van der Waals surface area (Å²) >= 11 is 0. The van der Waals surface area contributed by atoms with E-state index in [1.165, 1.54) is 17.0 Å². The smallest absolute Gasteiger partial charge is 0.324 e. The molecule has 1 heterocycles. The number of ether oxygens (including phenoxy) is 2. The highest BCUT2D eigenvalue weighted by Crippen LogP contribution is 2.34. The number of hydrogen-bond donors (Lipinski definition) is 2. The van der Waals surface area contributed by atoms with Gasteiger partial charge in [0.15, 0.2) is 12.4 Å². The van der Waals surface area contributed by atoms with Crippen LogP contribution in [-0.4, -0.2) is 63.4 Å². The van der Waals surface area contributed by atoms with Crippen LogP contribution < -0.4 is 14.8 Å². The number of likely N-dealkylation sites (N-methyl/N-ethyl adjacent to an activating group) is 1. The van der Waals surface area contributed by atoms with Gasteiger partial charge in [-0.3, -0.25) is 14.4 Å². The fourth-order valence-electron chi connectivity index (χ4n) is 4.69. The molecule has 12 heteroatoms. The molecule has 47 heavy (non-hydrogen) atoms. The predicted molar refractivity (Wildman–Crippen MR) is 180 cm³/mol. The summed E-state index contributed by atoms with van der Waals surface area (Å²) in [6.45, 7) is 10.3. The van der Waals surface area contributed by atoms with E-state index in [1.54, 1.807) is 110 Å². The molecular formula is C35H41N3O8S. The SMILES string of the molecule is Cc1c(C(=O)Nc2ccc(-c3ccc(S(=O)(=O)NC(C(=O)OC(C)(C)C)C(C)C)cc3)cc2)oc2cccc(OCC(=O)N(C)C)c12. The van der Waals surface area contributed by atoms with Crippen LogP contribution in [0.3, 0.4) is 0 Å². The van der Waals surface area contributed by atoms with Crippen LogP contribution >= 0.6 is 0 Å². The van der Waals surface area contributed by atoms with Crippen molar-refractivity contribution in [3.63, 3.8) is 0 Å². The Morgan fingerprint density at radius 2 is 1.51 bits per heavy atom. The molecule has 0 radical (unpaired) electrons. The fraction of sp³-hybridized carbons (Fsp3) is 0.343. The van der Waals surface area contributed by atoms with Crippen LogP contribution in [-0.2, 0) is 24.3 Å². The van der Waals surface area contributed by atoms with Crippen molar-refractivity contribution in [1.29, 1.82) is 0 Å². The molecule has 4 aromatic rings. The van der Waals surface area contributed by atoms with Gasteiger partial charge in [0.05, 0.1) is 10.3 Å². The number of carbonyl (C=O) groups is 3. The van der Waals surface area contributed by atoms with Gasteiger partial charge in [-0.05, 0) is 81.1 Å². The summed E-state index contributed by atoms with van der Waals surface area (Å²) in [5.41, 5.74) is 2.36. The number of hydrogen-bond acceptors (Lipinski definition) is 8. The fourth-order valence-corrected chi connectivity index (χ4v) is 6.02. The van der Waals surface area contributed by atoms with Crippen molar-refractivity contribution in [2.24, 2.45) is 5.92 Å². The van der Waals surface area contributed by atoms with Gasteiger partial charge in [-0.2, -0.15) is 4.72 Å². The van der Waals surface area contributed by atoms with Crippen LogP contribution in [0, 0.1) is 12.8 Å². The molecule has 0 aliphatic carbocycles. The third-order valence-corrected chi connectivity index (χ3v) is 8.68. The van der Waals surface area contributed by atoms with Crippen molar-refractivity contribution in [2.45, 2.75) is 58.1 Å². The largest absolute Gasteiger partial charge is 0.483 e. The Bertz CT molecular complexity index is 1870. The summed E-state index contributed by atoms with van der Waals surface area (Å²) in [4.78, 5) is 39.3. The van der Waals surface area contributed by atoms with Crippen molar-refractivity contribution in [3.05, 3.63) is 78.1 Å². The zero-order chi connectivity index (χ0) is 34.7. The first-order chi connectivity index (χ1) is 22.0. The van der Waals surface area contributed by atoms with Gasteiger partial charge in [-0.25, -0.2) is 8.42 Å². The first-order valence-electron chi connectivity index (χ1n) is 15.1. The lowest BCUT2D eigenvalue weighted by atomic mass is 10.1. The number of esters is 1. The number of aryl methyl sites for hydroxylation is 1. The molecule has 0 saturated heterocycles. The van der Waals surface area contributed by atoms with Crippen molar-refractivity contribution >= 4 is 44.5 Å². The Balaban J connectivity index is 1.45. The molecule has 0 fully saturated rings. The summed E-state index contributed by atoms with van der Waals surface area (Å²) in [6.07, 6.45) is 0. The van der Waals surface area contributed by atoms with E-state index in [2.05, 4.69) is 10.0 Å². The van der Waals surface area contributed by atoms with Gasteiger partial charge in [0.25, 0.3) is 11.8 Å². The molecule has 3 aromatic carbocycles. The molecule has 0 aliphatic rings. The molecule has 4 rings (SSSR count). The molecule has 1 atom stereocenters. The van der Waals surface area contributed by atoms with E-state index in [-0.39, 0.29) is 29.1 Å². The average molecular weight is 664 g/mol. The lowest BCUT2D eigenvalue weighted by Crippen LogP contribution is -2.47. The number of rotatable bonds is 11. The molecule has 2 N–H and O–H groups in total. The Morgan fingerprint density at radius 1 is 0.915 bits per heavy atom. The molecule has 2 amide bonds. The monoisotopic (exact) mass is 663 g/mol. The van der Waals surface area contributed by atoms with E-state index >= 15 is 0 Å². The number of sulfonamides is 1. The number of nitrogens with one attached hydrogen (secondary N) is 2. The standard InChI is InChI=1S/C35H41N3O8S/c1-21(2)31(34(41)46-35(4,5)6)37-47(42,43)26-18-14-24(15-19-26)23-12-16-25(17-13-23)36-33(40)32-22(3)30-27(10-9-11-28(30)45-32)44-20-29(39)38(7)8/h9-19,21,31,37H,20H2,1-8H3,(H,36,40). The molecule has 1 unspecified atom stereocenters. The first kappa shape index (κ1) is 35.2. The van der Waals surface area contributed by atoms with Gasteiger partial charge in [0, 0.05) is 25.3 Å². The lowest BCUT2D eigenvalue weighted by molar-refractivity contribution is -0.158. The van der Waals surface area contributed by atoms with Crippen molar-refractivity contribution in [1.82, 2.24) is 9.62 Å². The number of carbonyl (C=O) groups excluding carboxylic acids is 3. The van der Waals surface area contributed by atoms with Gasteiger partial charge >= 0.3 is 5.97 Å². The lowest BCUT2D eigenvalue weighted by Gasteiger charge is -2.26. The number of nitrogens with zero attached hydrogens (tertiary/aromatic N) is 1. The Hall–Kier alpha value is -4.68. The highest BCUT2D eigenvalue weighted by Gasteiger charge is 2.32. The summed E-state index contributed by atoms with van der Waals surface area (Å²) in [6, 6.07) is 17.5.